The summed E-state index contributed by atoms with van der Waals surface area (Å²) in [5, 5.41) is 0. The third kappa shape index (κ3) is 2.69. The Labute approximate surface area is 109 Å². The summed E-state index contributed by atoms with van der Waals surface area (Å²) >= 11 is 0. The highest BCUT2D eigenvalue weighted by atomic mass is 15.0. The Balaban J connectivity index is 1.63. The fourth-order valence-corrected chi connectivity index (χ4v) is 2.99. The molecule has 1 saturated carbocycles. The van der Waals surface area contributed by atoms with Gasteiger partial charge in [0.1, 0.15) is 0 Å². The van der Waals surface area contributed by atoms with Gasteiger partial charge in [0.2, 0.25) is 0 Å². The van der Waals surface area contributed by atoms with Gasteiger partial charge in [-0.05, 0) is 12.3 Å². The molecule has 2 heteroatoms. The molecular formula is C16H20N2. The van der Waals surface area contributed by atoms with Crippen molar-refractivity contribution in [2.45, 2.75) is 44.6 Å². The molecule has 2 aliphatic rings. The smallest absolute Gasteiger partial charge is 0.154 e. The summed E-state index contributed by atoms with van der Waals surface area (Å²) in [6, 6.07) is 10.6. The molecule has 0 amide bonds. The van der Waals surface area contributed by atoms with Crippen LogP contribution in [0.2, 0.25) is 0 Å². The van der Waals surface area contributed by atoms with E-state index in [1.165, 1.54) is 38.5 Å². The first kappa shape index (κ1) is 11.6. The summed E-state index contributed by atoms with van der Waals surface area (Å²) in [6.07, 6.45) is 10.2. The minimum atomic E-state index is 0.323. The van der Waals surface area contributed by atoms with Crippen molar-refractivity contribution >= 4 is 12.1 Å². The third-order valence-corrected chi connectivity index (χ3v) is 3.99. The van der Waals surface area contributed by atoms with Crippen LogP contribution in [0.25, 0.3) is 0 Å². The molecule has 1 aliphatic carbocycles. The SMILES string of the molecule is C1=NC(c2ccccc2)=NC1CC1CCCCC1. The minimum Gasteiger partial charge on any atom is -0.257 e. The lowest BCUT2D eigenvalue weighted by Gasteiger charge is -2.22. The van der Waals surface area contributed by atoms with Gasteiger partial charge in [-0.25, -0.2) is 4.99 Å². The first-order valence-electron chi connectivity index (χ1n) is 7.09. The fourth-order valence-electron chi connectivity index (χ4n) is 2.99. The molecule has 1 fully saturated rings. The monoisotopic (exact) mass is 240 g/mol. The van der Waals surface area contributed by atoms with Gasteiger partial charge in [0.25, 0.3) is 0 Å². The normalized spacial score (nSPS) is 24.2. The molecule has 1 atom stereocenters. The number of aliphatic imine (C=N–C) groups is 2. The number of nitrogens with zero attached hydrogens (tertiary/aromatic N) is 2. The van der Waals surface area contributed by atoms with Crippen LogP contribution in [0.1, 0.15) is 44.1 Å². The van der Waals surface area contributed by atoms with E-state index in [0.717, 1.165) is 17.3 Å². The lowest BCUT2D eigenvalue weighted by Crippen LogP contribution is -2.14. The number of hydrogen-bond donors (Lipinski definition) is 0. The van der Waals surface area contributed by atoms with Gasteiger partial charge in [0.15, 0.2) is 5.84 Å². The Hall–Kier alpha value is -1.44. The first-order chi connectivity index (χ1) is 8.92. The van der Waals surface area contributed by atoms with Crippen molar-refractivity contribution in [2.75, 3.05) is 0 Å². The van der Waals surface area contributed by atoms with Crippen LogP contribution < -0.4 is 0 Å². The third-order valence-electron chi connectivity index (χ3n) is 3.99. The Morgan fingerprint density at radius 2 is 1.78 bits per heavy atom. The van der Waals surface area contributed by atoms with Crippen LogP contribution in [0.5, 0.6) is 0 Å². The molecule has 1 unspecified atom stereocenters. The summed E-state index contributed by atoms with van der Waals surface area (Å²) in [5.41, 5.74) is 1.14. The molecule has 1 heterocycles. The van der Waals surface area contributed by atoms with Crippen molar-refractivity contribution < 1.29 is 0 Å². The summed E-state index contributed by atoms with van der Waals surface area (Å²) < 4.78 is 0. The largest absolute Gasteiger partial charge is 0.257 e. The van der Waals surface area contributed by atoms with Crippen LogP contribution in [0, 0.1) is 5.92 Å². The molecule has 0 N–H and O–H groups in total. The van der Waals surface area contributed by atoms with E-state index in [2.05, 4.69) is 17.1 Å². The maximum atomic E-state index is 4.75. The van der Waals surface area contributed by atoms with Gasteiger partial charge >= 0.3 is 0 Å². The Morgan fingerprint density at radius 1 is 1.00 bits per heavy atom. The maximum absolute atomic E-state index is 4.75. The lowest BCUT2D eigenvalue weighted by molar-refractivity contribution is 0.335. The topological polar surface area (TPSA) is 24.7 Å². The van der Waals surface area contributed by atoms with Gasteiger partial charge in [0.05, 0.1) is 6.04 Å². The molecule has 3 rings (SSSR count). The zero-order chi connectivity index (χ0) is 12.2. The predicted octanol–water partition coefficient (Wildman–Crippen LogP) is 3.86. The summed E-state index contributed by atoms with van der Waals surface area (Å²) in [6.45, 7) is 0. The zero-order valence-electron chi connectivity index (χ0n) is 10.8. The van der Waals surface area contributed by atoms with E-state index in [1.54, 1.807) is 0 Å². The average Bonchev–Trinajstić information content (AvgIpc) is 2.89. The van der Waals surface area contributed by atoms with E-state index in [0.29, 0.717) is 6.04 Å². The van der Waals surface area contributed by atoms with E-state index in [4.69, 9.17) is 4.99 Å². The second kappa shape index (κ2) is 5.47. The van der Waals surface area contributed by atoms with Crippen molar-refractivity contribution in [3.05, 3.63) is 35.9 Å². The minimum absolute atomic E-state index is 0.323. The molecule has 0 spiro atoms. The van der Waals surface area contributed by atoms with Crippen LogP contribution in [-0.4, -0.2) is 18.1 Å². The Kier molecular flexibility index (Phi) is 3.54. The van der Waals surface area contributed by atoms with E-state index in [1.807, 2.05) is 24.4 Å². The molecule has 94 valence electrons. The van der Waals surface area contributed by atoms with Crippen molar-refractivity contribution in [1.29, 1.82) is 0 Å². The van der Waals surface area contributed by atoms with Crippen LogP contribution in [0.4, 0.5) is 0 Å². The molecule has 18 heavy (non-hydrogen) atoms. The first-order valence-corrected chi connectivity index (χ1v) is 7.09. The van der Waals surface area contributed by atoms with Gasteiger partial charge in [0, 0.05) is 11.8 Å². The standard InChI is InChI=1S/C16H20N2/c1-3-7-13(8-4-1)11-15-12-17-16(18-15)14-9-5-2-6-10-14/h2,5-6,9-10,12-13,15H,1,3-4,7-8,11H2. The van der Waals surface area contributed by atoms with Crippen molar-refractivity contribution in [1.82, 2.24) is 0 Å². The van der Waals surface area contributed by atoms with Gasteiger partial charge < -0.3 is 0 Å². The van der Waals surface area contributed by atoms with E-state index in [-0.39, 0.29) is 0 Å². The molecule has 0 aromatic heterocycles. The van der Waals surface area contributed by atoms with Crippen molar-refractivity contribution in [3.63, 3.8) is 0 Å². The maximum Gasteiger partial charge on any atom is 0.154 e. The molecule has 1 aliphatic heterocycles. The quantitative estimate of drug-likeness (QED) is 0.766. The fraction of sp³-hybridized carbons (Fsp3) is 0.500. The summed E-state index contributed by atoms with van der Waals surface area (Å²) in [5.74, 6) is 1.78. The van der Waals surface area contributed by atoms with Gasteiger partial charge in [-0.2, -0.15) is 0 Å². The number of benzene rings is 1. The molecule has 2 nitrogen and oxygen atoms in total. The average molecular weight is 240 g/mol. The summed E-state index contributed by atoms with van der Waals surface area (Å²) in [4.78, 5) is 9.22. The molecule has 0 bridgehead atoms. The Morgan fingerprint density at radius 3 is 2.56 bits per heavy atom. The second-order valence-corrected chi connectivity index (χ2v) is 5.40. The van der Waals surface area contributed by atoms with Crippen LogP contribution in [-0.2, 0) is 0 Å². The zero-order valence-corrected chi connectivity index (χ0v) is 10.8. The highest BCUT2D eigenvalue weighted by Crippen LogP contribution is 2.28. The van der Waals surface area contributed by atoms with Crippen LogP contribution in [0.3, 0.4) is 0 Å². The number of rotatable bonds is 3. The lowest BCUT2D eigenvalue weighted by atomic mass is 9.85. The van der Waals surface area contributed by atoms with Crippen LogP contribution >= 0.6 is 0 Å². The van der Waals surface area contributed by atoms with Crippen molar-refractivity contribution in [2.24, 2.45) is 15.9 Å². The molecule has 1 aromatic carbocycles. The molecular weight excluding hydrogens is 220 g/mol. The Bertz CT molecular complexity index is 441. The van der Waals surface area contributed by atoms with Gasteiger partial charge in [-0.3, -0.25) is 4.99 Å². The molecule has 1 aromatic rings. The van der Waals surface area contributed by atoms with Gasteiger partial charge in [-0.1, -0.05) is 62.4 Å². The van der Waals surface area contributed by atoms with Crippen molar-refractivity contribution in [3.8, 4) is 0 Å². The van der Waals surface area contributed by atoms with Crippen LogP contribution in [0.15, 0.2) is 40.3 Å². The second-order valence-electron chi connectivity index (χ2n) is 5.40. The molecule has 0 radical (unpaired) electrons. The van der Waals surface area contributed by atoms with E-state index in [9.17, 15) is 0 Å². The highest BCUT2D eigenvalue weighted by molar-refractivity contribution is 6.07. The summed E-state index contributed by atoms with van der Waals surface area (Å²) in [7, 11) is 0. The van der Waals surface area contributed by atoms with Gasteiger partial charge in [-0.15, -0.1) is 0 Å². The predicted molar refractivity (Wildman–Crippen MR) is 76.5 cm³/mol. The van der Waals surface area contributed by atoms with E-state index >= 15 is 0 Å². The molecule has 0 saturated heterocycles. The van der Waals surface area contributed by atoms with E-state index < -0.39 is 0 Å². The number of amidine groups is 1. The highest BCUT2D eigenvalue weighted by Gasteiger charge is 2.20. The number of hydrogen-bond acceptors (Lipinski definition) is 2.